The fourth-order valence-electron chi connectivity index (χ4n) is 2.31. The molecule has 1 fully saturated rings. The molecule has 0 aliphatic carbocycles. The third-order valence-electron chi connectivity index (χ3n) is 3.15. The number of hydrogen-bond donors (Lipinski definition) is 1. The number of aliphatic hydroxyl groups is 1. The maximum Gasteiger partial charge on any atom is 0.0706 e. The van der Waals surface area contributed by atoms with Gasteiger partial charge in [-0.05, 0) is 18.6 Å². The molecular formula is C12H15N3O. The third kappa shape index (κ3) is 1.70. The Morgan fingerprint density at radius 3 is 3.19 bits per heavy atom. The molecule has 1 saturated heterocycles. The summed E-state index contributed by atoms with van der Waals surface area (Å²) in [6.07, 6.45) is 4.61. The Balaban J connectivity index is 1.84. The van der Waals surface area contributed by atoms with Crippen LogP contribution in [0.15, 0.2) is 30.6 Å². The van der Waals surface area contributed by atoms with Gasteiger partial charge in [0.05, 0.1) is 17.8 Å². The van der Waals surface area contributed by atoms with Crippen molar-refractivity contribution in [3.05, 3.63) is 36.2 Å². The Kier molecular flexibility index (Phi) is 2.38. The van der Waals surface area contributed by atoms with Crippen LogP contribution in [0, 0.1) is 0 Å². The van der Waals surface area contributed by atoms with E-state index in [1.807, 2.05) is 29.0 Å². The van der Waals surface area contributed by atoms with Crippen LogP contribution in [0.2, 0.25) is 0 Å². The molecule has 1 aliphatic rings. The number of β-amino-alcohol motifs (C(OH)–C–C–N with tert-alkyl or cyclic N) is 1. The van der Waals surface area contributed by atoms with Gasteiger partial charge in [-0.25, -0.2) is 4.52 Å². The van der Waals surface area contributed by atoms with Crippen LogP contribution < -0.4 is 0 Å². The average molecular weight is 217 g/mol. The Bertz CT molecular complexity index is 494. The minimum atomic E-state index is -0.151. The Morgan fingerprint density at radius 1 is 1.44 bits per heavy atom. The maximum absolute atomic E-state index is 9.48. The molecule has 0 saturated carbocycles. The zero-order chi connectivity index (χ0) is 11.0. The highest BCUT2D eigenvalue weighted by molar-refractivity contribution is 5.53. The Hall–Kier alpha value is -1.39. The van der Waals surface area contributed by atoms with Crippen LogP contribution in [0.3, 0.4) is 0 Å². The molecule has 1 N–H and O–H groups in total. The van der Waals surface area contributed by atoms with Gasteiger partial charge < -0.3 is 5.11 Å². The second-order valence-corrected chi connectivity index (χ2v) is 4.38. The zero-order valence-electron chi connectivity index (χ0n) is 9.08. The van der Waals surface area contributed by atoms with Crippen LogP contribution in [0.4, 0.5) is 0 Å². The van der Waals surface area contributed by atoms with Crippen molar-refractivity contribution in [2.75, 3.05) is 13.1 Å². The Labute approximate surface area is 94.1 Å². The normalized spacial score (nSPS) is 21.9. The fraction of sp³-hybridized carbons (Fsp3) is 0.417. The van der Waals surface area contributed by atoms with Gasteiger partial charge in [-0.15, -0.1) is 0 Å². The SMILES string of the molecule is O[C@@H]1CCN(Cc2cnn3ccccc23)C1. The quantitative estimate of drug-likeness (QED) is 0.812. The van der Waals surface area contributed by atoms with E-state index >= 15 is 0 Å². The monoisotopic (exact) mass is 217 g/mol. The van der Waals surface area contributed by atoms with Crippen LogP contribution in [0.1, 0.15) is 12.0 Å². The number of likely N-dealkylation sites (tertiary alicyclic amines) is 1. The minimum Gasteiger partial charge on any atom is -0.392 e. The van der Waals surface area contributed by atoms with Crippen molar-refractivity contribution in [2.45, 2.75) is 19.1 Å². The van der Waals surface area contributed by atoms with Crippen LogP contribution in [0.25, 0.3) is 5.52 Å². The summed E-state index contributed by atoms with van der Waals surface area (Å²) in [5, 5.41) is 13.8. The molecule has 0 spiro atoms. The molecule has 2 aromatic rings. The molecule has 0 radical (unpaired) electrons. The van der Waals surface area contributed by atoms with E-state index in [4.69, 9.17) is 0 Å². The molecule has 0 bridgehead atoms. The van der Waals surface area contributed by atoms with Crippen molar-refractivity contribution >= 4 is 5.52 Å². The lowest BCUT2D eigenvalue weighted by Crippen LogP contribution is -2.21. The van der Waals surface area contributed by atoms with Gasteiger partial charge in [-0.2, -0.15) is 5.10 Å². The van der Waals surface area contributed by atoms with E-state index in [2.05, 4.69) is 16.1 Å². The first-order valence-electron chi connectivity index (χ1n) is 5.64. The number of nitrogens with zero attached hydrogens (tertiary/aromatic N) is 3. The maximum atomic E-state index is 9.48. The van der Waals surface area contributed by atoms with Crippen molar-refractivity contribution in [3.63, 3.8) is 0 Å². The van der Waals surface area contributed by atoms with E-state index < -0.39 is 0 Å². The summed E-state index contributed by atoms with van der Waals surface area (Å²) in [6, 6.07) is 6.08. The summed E-state index contributed by atoms with van der Waals surface area (Å²) in [4.78, 5) is 2.27. The van der Waals surface area contributed by atoms with Crippen LogP contribution in [-0.4, -0.2) is 38.8 Å². The molecule has 2 aromatic heterocycles. The molecule has 4 heteroatoms. The van der Waals surface area contributed by atoms with Gasteiger partial charge in [-0.1, -0.05) is 6.07 Å². The summed E-state index contributed by atoms with van der Waals surface area (Å²) in [5.41, 5.74) is 2.39. The standard InChI is InChI=1S/C12H15N3O/c16-11-4-6-14(9-11)8-10-7-13-15-5-2-1-3-12(10)15/h1-3,5,7,11,16H,4,6,8-9H2/t11-/m1/s1. The van der Waals surface area contributed by atoms with E-state index in [-0.39, 0.29) is 6.10 Å². The molecule has 16 heavy (non-hydrogen) atoms. The third-order valence-corrected chi connectivity index (χ3v) is 3.15. The number of aromatic nitrogens is 2. The molecule has 3 heterocycles. The molecule has 3 rings (SSSR count). The molecule has 1 atom stereocenters. The summed E-state index contributed by atoms with van der Waals surface area (Å²) >= 11 is 0. The fourth-order valence-corrected chi connectivity index (χ4v) is 2.31. The molecule has 0 amide bonds. The molecule has 0 aromatic carbocycles. The predicted molar refractivity (Wildman–Crippen MR) is 61.1 cm³/mol. The van der Waals surface area contributed by atoms with E-state index in [1.165, 1.54) is 5.56 Å². The topological polar surface area (TPSA) is 40.8 Å². The molecular weight excluding hydrogens is 202 g/mol. The summed E-state index contributed by atoms with van der Waals surface area (Å²) in [6.45, 7) is 2.64. The van der Waals surface area contributed by atoms with E-state index in [0.717, 1.165) is 31.6 Å². The molecule has 84 valence electrons. The number of rotatable bonds is 2. The minimum absolute atomic E-state index is 0.151. The molecule has 0 unspecified atom stereocenters. The highest BCUT2D eigenvalue weighted by Crippen LogP contribution is 2.16. The number of pyridine rings is 1. The van der Waals surface area contributed by atoms with Crippen LogP contribution in [0.5, 0.6) is 0 Å². The smallest absolute Gasteiger partial charge is 0.0706 e. The number of fused-ring (bicyclic) bond motifs is 1. The predicted octanol–water partition coefficient (Wildman–Crippen LogP) is 0.901. The summed E-state index contributed by atoms with van der Waals surface area (Å²) in [7, 11) is 0. The number of hydrogen-bond acceptors (Lipinski definition) is 3. The molecule has 4 nitrogen and oxygen atoms in total. The van der Waals surface area contributed by atoms with E-state index in [9.17, 15) is 5.11 Å². The Morgan fingerprint density at radius 2 is 2.38 bits per heavy atom. The van der Waals surface area contributed by atoms with Gasteiger partial charge in [0.15, 0.2) is 0 Å². The molecule has 1 aliphatic heterocycles. The van der Waals surface area contributed by atoms with E-state index in [0.29, 0.717) is 0 Å². The van der Waals surface area contributed by atoms with Crippen molar-refractivity contribution in [1.29, 1.82) is 0 Å². The van der Waals surface area contributed by atoms with Crippen molar-refractivity contribution in [2.24, 2.45) is 0 Å². The number of aliphatic hydroxyl groups excluding tert-OH is 1. The van der Waals surface area contributed by atoms with Crippen molar-refractivity contribution < 1.29 is 5.11 Å². The van der Waals surface area contributed by atoms with Crippen LogP contribution in [-0.2, 0) is 6.54 Å². The first-order valence-corrected chi connectivity index (χ1v) is 5.64. The first-order chi connectivity index (χ1) is 7.83. The van der Waals surface area contributed by atoms with Gasteiger partial charge in [0.25, 0.3) is 0 Å². The van der Waals surface area contributed by atoms with Gasteiger partial charge >= 0.3 is 0 Å². The van der Waals surface area contributed by atoms with Crippen molar-refractivity contribution in [3.8, 4) is 0 Å². The van der Waals surface area contributed by atoms with Gasteiger partial charge in [0, 0.05) is 31.4 Å². The first kappa shape index (κ1) is 9.81. The average Bonchev–Trinajstić information content (AvgIpc) is 2.87. The van der Waals surface area contributed by atoms with Crippen LogP contribution >= 0.6 is 0 Å². The second-order valence-electron chi connectivity index (χ2n) is 4.38. The highest BCUT2D eigenvalue weighted by atomic mass is 16.3. The lowest BCUT2D eigenvalue weighted by atomic mass is 10.2. The van der Waals surface area contributed by atoms with Gasteiger partial charge in [0.1, 0.15) is 0 Å². The van der Waals surface area contributed by atoms with Gasteiger partial charge in [-0.3, -0.25) is 4.90 Å². The largest absolute Gasteiger partial charge is 0.392 e. The lowest BCUT2D eigenvalue weighted by molar-refractivity contribution is 0.175. The van der Waals surface area contributed by atoms with Crippen molar-refractivity contribution in [1.82, 2.24) is 14.5 Å². The highest BCUT2D eigenvalue weighted by Gasteiger charge is 2.20. The summed E-state index contributed by atoms with van der Waals surface area (Å²) < 4.78 is 1.89. The second kappa shape index (κ2) is 3.88. The summed E-state index contributed by atoms with van der Waals surface area (Å²) in [5.74, 6) is 0. The zero-order valence-corrected chi connectivity index (χ0v) is 9.08. The van der Waals surface area contributed by atoms with E-state index in [1.54, 1.807) is 0 Å². The van der Waals surface area contributed by atoms with Gasteiger partial charge in [0.2, 0.25) is 0 Å². The lowest BCUT2D eigenvalue weighted by Gasteiger charge is -2.13.